The van der Waals surface area contributed by atoms with E-state index in [-0.39, 0.29) is 19.1 Å². The highest BCUT2D eigenvalue weighted by molar-refractivity contribution is 5.95. The monoisotopic (exact) mass is 286 g/mol. The van der Waals surface area contributed by atoms with Crippen LogP contribution in [0.3, 0.4) is 0 Å². The van der Waals surface area contributed by atoms with Gasteiger partial charge in [-0.25, -0.2) is 0 Å². The predicted octanol–water partition coefficient (Wildman–Crippen LogP) is 3.58. The summed E-state index contributed by atoms with van der Waals surface area (Å²) < 4.78 is 10.1. The van der Waals surface area contributed by atoms with Gasteiger partial charge in [-0.1, -0.05) is 46.5 Å². The van der Waals surface area contributed by atoms with Crippen LogP contribution >= 0.6 is 0 Å². The lowest BCUT2D eigenvalue weighted by Crippen LogP contribution is -2.36. The van der Waals surface area contributed by atoms with Gasteiger partial charge in [0.1, 0.15) is 0 Å². The van der Waals surface area contributed by atoms with E-state index < -0.39 is 17.9 Å². The highest BCUT2D eigenvalue weighted by Crippen LogP contribution is 2.30. The van der Waals surface area contributed by atoms with Gasteiger partial charge in [0, 0.05) is 0 Å². The molecule has 4 nitrogen and oxygen atoms in total. The molecule has 20 heavy (non-hydrogen) atoms. The number of carbonyl (C=O) groups excluding carboxylic acids is 2. The second-order valence-corrected chi connectivity index (χ2v) is 5.15. The Morgan fingerprint density at radius 1 is 0.950 bits per heavy atom. The van der Waals surface area contributed by atoms with Gasteiger partial charge in [0.2, 0.25) is 0 Å². The first kappa shape index (κ1) is 18.9. The number of hydrogen-bond acceptors (Lipinski definition) is 4. The Hall–Kier alpha value is -1.06. The summed E-state index contributed by atoms with van der Waals surface area (Å²) in [7, 11) is 0. The number of carbonyl (C=O) groups is 2. The molecule has 0 saturated heterocycles. The first-order valence-corrected chi connectivity index (χ1v) is 7.86. The molecule has 0 aliphatic carbocycles. The third kappa shape index (κ3) is 5.93. The maximum atomic E-state index is 12.1. The summed E-state index contributed by atoms with van der Waals surface area (Å²) in [4.78, 5) is 24.1. The zero-order valence-electron chi connectivity index (χ0n) is 13.6. The van der Waals surface area contributed by atoms with E-state index in [1.807, 2.05) is 6.92 Å². The van der Waals surface area contributed by atoms with E-state index in [0.29, 0.717) is 5.92 Å². The van der Waals surface area contributed by atoms with Gasteiger partial charge in [0.15, 0.2) is 5.92 Å². The van der Waals surface area contributed by atoms with Crippen LogP contribution in [0.1, 0.15) is 60.3 Å². The molecular formula is C16H30O4. The van der Waals surface area contributed by atoms with Crippen molar-refractivity contribution in [2.45, 2.75) is 60.3 Å². The standard InChI is InChI=1S/C16H30O4/c1-6-10-11-13(7-2)12(5)14(15(17)19-8-3)16(18)20-9-4/h12-14H,6-11H2,1-5H3. The van der Waals surface area contributed by atoms with Crippen LogP contribution in [0, 0.1) is 17.8 Å². The van der Waals surface area contributed by atoms with Crippen molar-refractivity contribution in [2.75, 3.05) is 13.2 Å². The largest absolute Gasteiger partial charge is 0.465 e. The first-order valence-electron chi connectivity index (χ1n) is 7.86. The molecule has 0 aliphatic rings. The molecule has 0 amide bonds. The summed E-state index contributed by atoms with van der Waals surface area (Å²) >= 11 is 0. The van der Waals surface area contributed by atoms with E-state index in [4.69, 9.17) is 9.47 Å². The molecule has 0 aromatic heterocycles. The zero-order valence-corrected chi connectivity index (χ0v) is 13.6. The lowest BCUT2D eigenvalue weighted by molar-refractivity contribution is -0.165. The highest BCUT2D eigenvalue weighted by Gasteiger charge is 2.38. The summed E-state index contributed by atoms with van der Waals surface area (Å²) in [5.41, 5.74) is 0. The molecule has 2 atom stereocenters. The van der Waals surface area contributed by atoms with Gasteiger partial charge in [-0.15, -0.1) is 0 Å². The molecule has 0 fully saturated rings. The smallest absolute Gasteiger partial charge is 0.320 e. The molecule has 0 N–H and O–H groups in total. The van der Waals surface area contributed by atoms with Gasteiger partial charge < -0.3 is 9.47 Å². The highest BCUT2D eigenvalue weighted by atomic mass is 16.6. The molecule has 0 aromatic carbocycles. The summed E-state index contributed by atoms with van der Waals surface area (Å²) in [6, 6.07) is 0. The summed E-state index contributed by atoms with van der Waals surface area (Å²) in [6.07, 6.45) is 4.22. The average Bonchev–Trinajstić information content (AvgIpc) is 2.40. The van der Waals surface area contributed by atoms with Crippen LogP contribution < -0.4 is 0 Å². The Morgan fingerprint density at radius 2 is 1.45 bits per heavy atom. The molecule has 0 aromatic rings. The van der Waals surface area contributed by atoms with Crippen LogP contribution in [0.4, 0.5) is 0 Å². The van der Waals surface area contributed by atoms with Crippen molar-refractivity contribution in [2.24, 2.45) is 17.8 Å². The van der Waals surface area contributed by atoms with Crippen LogP contribution in [0.25, 0.3) is 0 Å². The van der Waals surface area contributed by atoms with E-state index in [0.717, 1.165) is 25.7 Å². The average molecular weight is 286 g/mol. The summed E-state index contributed by atoms with van der Waals surface area (Å²) in [5.74, 6) is -1.41. The van der Waals surface area contributed by atoms with Gasteiger partial charge in [0.05, 0.1) is 13.2 Å². The van der Waals surface area contributed by atoms with Crippen molar-refractivity contribution in [1.29, 1.82) is 0 Å². The van der Waals surface area contributed by atoms with E-state index in [2.05, 4.69) is 13.8 Å². The number of esters is 2. The van der Waals surface area contributed by atoms with Crippen molar-refractivity contribution in [3.63, 3.8) is 0 Å². The van der Waals surface area contributed by atoms with Crippen LogP contribution in [0.5, 0.6) is 0 Å². The Balaban J connectivity index is 4.96. The van der Waals surface area contributed by atoms with E-state index in [9.17, 15) is 9.59 Å². The SMILES string of the molecule is CCCCC(CC)C(C)C(C(=O)OCC)C(=O)OCC. The second-order valence-electron chi connectivity index (χ2n) is 5.15. The number of rotatable bonds is 10. The Labute approximate surface area is 123 Å². The Bertz CT molecular complexity index is 270. The normalized spacial score (nSPS) is 13.9. The maximum absolute atomic E-state index is 12.1. The predicted molar refractivity (Wildman–Crippen MR) is 79.2 cm³/mol. The molecule has 0 bridgehead atoms. The molecule has 2 unspecified atom stereocenters. The fraction of sp³-hybridized carbons (Fsp3) is 0.875. The minimum atomic E-state index is -0.795. The van der Waals surface area contributed by atoms with Crippen LogP contribution in [0.15, 0.2) is 0 Å². The van der Waals surface area contributed by atoms with Crippen molar-refractivity contribution < 1.29 is 19.1 Å². The molecule has 0 radical (unpaired) electrons. The third-order valence-corrected chi connectivity index (χ3v) is 3.80. The van der Waals surface area contributed by atoms with Crippen LogP contribution in [-0.2, 0) is 19.1 Å². The zero-order chi connectivity index (χ0) is 15.5. The topological polar surface area (TPSA) is 52.6 Å². The van der Waals surface area contributed by atoms with Gasteiger partial charge in [0.25, 0.3) is 0 Å². The molecule has 0 aliphatic heterocycles. The number of hydrogen-bond donors (Lipinski definition) is 0. The van der Waals surface area contributed by atoms with Crippen molar-refractivity contribution in [1.82, 2.24) is 0 Å². The fourth-order valence-electron chi connectivity index (χ4n) is 2.57. The summed E-state index contributed by atoms with van der Waals surface area (Å²) in [6.45, 7) is 10.3. The summed E-state index contributed by atoms with van der Waals surface area (Å²) in [5, 5.41) is 0. The van der Waals surface area contributed by atoms with Gasteiger partial charge in [-0.3, -0.25) is 9.59 Å². The van der Waals surface area contributed by atoms with Crippen LogP contribution in [0.2, 0.25) is 0 Å². The molecule has 4 heteroatoms. The lowest BCUT2D eigenvalue weighted by Gasteiger charge is -2.27. The van der Waals surface area contributed by atoms with E-state index in [1.165, 1.54) is 0 Å². The minimum absolute atomic E-state index is 0.0513. The minimum Gasteiger partial charge on any atom is -0.465 e. The van der Waals surface area contributed by atoms with Crippen LogP contribution in [-0.4, -0.2) is 25.2 Å². The maximum Gasteiger partial charge on any atom is 0.320 e. The van der Waals surface area contributed by atoms with E-state index >= 15 is 0 Å². The first-order chi connectivity index (χ1) is 9.53. The van der Waals surface area contributed by atoms with E-state index in [1.54, 1.807) is 13.8 Å². The molecule has 0 heterocycles. The van der Waals surface area contributed by atoms with Crippen molar-refractivity contribution in [3.8, 4) is 0 Å². The molecular weight excluding hydrogens is 256 g/mol. The molecule has 0 rings (SSSR count). The molecule has 0 saturated carbocycles. The van der Waals surface area contributed by atoms with Crippen molar-refractivity contribution >= 4 is 11.9 Å². The Morgan fingerprint density at radius 3 is 1.80 bits per heavy atom. The quantitative estimate of drug-likeness (QED) is 0.455. The van der Waals surface area contributed by atoms with Crippen molar-refractivity contribution in [3.05, 3.63) is 0 Å². The molecule has 0 spiro atoms. The molecule has 118 valence electrons. The van der Waals surface area contributed by atoms with Gasteiger partial charge in [-0.05, 0) is 25.7 Å². The number of ether oxygens (including phenoxy) is 2. The lowest BCUT2D eigenvalue weighted by atomic mass is 9.79. The third-order valence-electron chi connectivity index (χ3n) is 3.80. The number of unbranched alkanes of at least 4 members (excludes halogenated alkanes) is 1. The fourth-order valence-corrected chi connectivity index (χ4v) is 2.57. The Kier molecular flexibility index (Phi) is 10.1. The van der Waals surface area contributed by atoms with Gasteiger partial charge in [-0.2, -0.15) is 0 Å². The second kappa shape index (κ2) is 10.7. The van der Waals surface area contributed by atoms with Gasteiger partial charge >= 0.3 is 11.9 Å².